The van der Waals surface area contributed by atoms with E-state index in [4.69, 9.17) is 13.6 Å². The molecule has 3 rings (SSSR count). The fourth-order valence-electron chi connectivity index (χ4n) is 4.43. The van der Waals surface area contributed by atoms with Gasteiger partial charge in [-0.25, -0.2) is 0 Å². The first-order valence-electron chi connectivity index (χ1n) is 9.63. The summed E-state index contributed by atoms with van der Waals surface area (Å²) in [7, 11) is -2.56. The predicted octanol–water partition coefficient (Wildman–Crippen LogP) is 5.31. The van der Waals surface area contributed by atoms with E-state index in [1.165, 1.54) is 16.3 Å². The number of rotatable bonds is 7. The van der Waals surface area contributed by atoms with E-state index in [1.807, 2.05) is 0 Å². The van der Waals surface area contributed by atoms with E-state index in [0.29, 0.717) is 19.8 Å². The second-order valence-corrected chi connectivity index (χ2v) is 10.0. The van der Waals surface area contributed by atoms with Gasteiger partial charge in [0.2, 0.25) is 0 Å². The van der Waals surface area contributed by atoms with Crippen molar-refractivity contribution in [3.05, 3.63) is 48.0 Å². The summed E-state index contributed by atoms with van der Waals surface area (Å²) < 4.78 is 19.5. The molecule has 0 N–H and O–H groups in total. The molecular weight excluding hydrogens is 328 g/mol. The van der Waals surface area contributed by atoms with E-state index in [0.717, 1.165) is 25.3 Å². The zero-order valence-corrected chi connectivity index (χ0v) is 16.7. The highest BCUT2D eigenvalue weighted by Gasteiger charge is 2.61. The van der Waals surface area contributed by atoms with Gasteiger partial charge in [-0.15, -0.1) is 0 Å². The van der Waals surface area contributed by atoms with Crippen molar-refractivity contribution in [2.45, 2.75) is 51.3 Å². The van der Waals surface area contributed by atoms with Crippen LogP contribution in [0, 0.1) is 0 Å². The summed E-state index contributed by atoms with van der Waals surface area (Å²) in [4.78, 5) is 0. The summed E-state index contributed by atoms with van der Waals surface area (Å²) in [5.41, 5.74) is 1.25. The Morgan fingerprint density at radius 3 is 2.32 bits per heavy atom. The molecule has 0 radical (unpaired) electrons. The molecule has 1 fully saturated rings. The second-order valence-electron chi connectivity index (χ2n) is 6.61. The molecule has 2 aromatic rings. The van der Waals surface area contributed by atoms with Crippen molar-refractivity contribution in [3.63, 3.8) is 0 Å². The first kappa shape index (κ1) is 18.6. The van der Waals surface area contributed by atoms with Gasteiger partial charge in [0, 0.05) is 19.8 Å². The highest BCUT2D eigenvalue weighted by atomic mass is 28.4. The van der Waals surface area contributed by atoms with Crippen LogP contribution in [0.5, 0.6) is 0 Å². The molecule has 0 bridgehead atoms. The quantitative estimate of drug-likeness (QED) is 0.628. The van der Waals surface area contributed by atoms with E-state index in [1.54, 1.807) is 0 Å². The molecule has 1 unspecified atom stereocenters. The van der Waals surface area contributed by atoms with E-state index < -0.39 is 13.8 Å². The third-order valence-corrected chi connectivity index (χ3v) is 9.69. The van der Waals surface area contributed by atoms with Crippen molar-refractivity contribution in [2.24, 2.45) is 0 Å². The van der Waals surface area contributed by atoms with Gasteiger partial charge in [0.25, 0.3) is 0 Å². The number of hydrogen-bond acceptors (Lipinski definition) is 3. The first-order chi connectivity index (χ1) is 12.2. The van der Waals surface area contributed by atoms with Crippen molar-refractivity contribution >= 4 is 19.3 Å². The van der Waals surface area contributed by atoms with Gasteiger partial charge in [-0.2, -0.15) is 0 Å². The Hall–Kier alpha value is -1.20. The van der Waals surface area contributed by atoms with E-state index in [2.05, 4.69) is 63.2 Å². The Kier molecular flexibility index (Phi) is 5.95. The summed E-state index contributed by atoms with van der Waals surface area (Å²) in [6.45, 7) is 8.23. The monoisotopic (exact) mass is 358 g/mol. The summed E-state index contributed by atoms with van der Waals surface area (Å²) in [6.07, 6.45) is 3.28. The van der Waals surface area contributed by atoms with Crippen molar-refractivity contribution in [2.75, 3.05) is 19.8 Å². The Morgan fingerprint density at radius 1 is 0.880 bits per heavy atom. The van der Waals surface area contributed by atoms with Gasteiger partial charge in [0.15, 0.2) is 0 Å². The molecule has 0 amide bonds. The third-order valence-electron chi connectivity index (χ3n) is 5.27. The topological polar surface area (TPSA) is 27.7 Å². The summed E-state index contributed by atoms with van der Waals surface area (Å²) >= 11 is 0. The SMILES string of the molecule is CCOC1(c2cccc3ccccc23)CCCC[Si]1(OCC)OCC. The Balaban J connectivity index is 2.25. The maximum atomic E-state index is 6.60. The van der Waals surface area contributed by atoms with Crippen LogP contribution in [0.15, 0.2) is 42.5 Å². The average molecular weight is 359 g/mol. The van der Waals surface area contributed by atoms with Crippen LogP contribution in [-0.4, -0.2) is 28.4 Å². The maximum Gasteiger partial charge on any atom is 0.376 e. The van der Waals surface area contributed by atoms with Crippen molar-refractivity contribution in [1.29, 1.82) is 0 Å². The maximum absolute atomic E-state index is 6.60. The Morgan fingerprint density at radius 2 is 1.60 bits per heavy atom. The molecule has 1 aliphatic heterocycles. The van der Waals surface area contributed by atoms with E-state index in [9.17, 15) is 0 Å². The lowest BCUT2D eigenvalue weighted by Crippen LogP contribution is -2.64. The minimum absolute atomic E-state index is 0.438. The van der Waals surface area contributed by atoms with Gasteiger partial charge < -0.3 is 13.6 Å². The fourth-order valence-corrected chi connectivity index (χ4v) is 8.87. The highest BCUT2D eigenvalue weighted by Crippen LogP contribution is 2.49. The normalized spacial score (nSPS) is 23.0. The second kappa shape index (κ2) is 8.00. The van der Waals surface area contributed by atoms with Crippen LogP contribution in [0.2, 0.25) is 6.04 Å². The van der Waals surface area contributed by atoms with Gasteiger partial charge in [-0.05, 0) is 49.6 Å². The van der Waals surface area contributed by atoms with Gasteiger partial charge in [-0.3, -0.25) is 0 Å². The zero-order chi connectivity index (χ0) is 17.8. The Bertz CT molecular complexity index is 682. The number of ether oxygens (including phenoxy) is 1. The highest BCUT2D eigenvalue weighted by molar-refractivity contribution is 6.70. The van der Waals surface area contributed by atoms with Gasteiger partial charge in [0.1, 0.15) is 5.22 Å². The predicted molar refractivity (Wildman–Crippen MR) is 105 cm³/mol. The lowest BCUT2D eigenvalue weighted by atomic mass is 9.96. The standard InChI is InChI=1S/C21H30O3Si/c1-4-22-21(16-9-10-17-25(21,23-5-2)24-6-3)20-15-11-13-18-12-7-8-14-19(18)20/h7-8,11-15H,4-6,9-10,16-17H2,1-3H3. The summed E-state index contributed by atoms with van der Waals surface area (Å²) in [5, 5.41) is 2.07. The zero-order valence-electron chi connectivity index (χ0n) is 15.7. The average Bonchev–Trinajstić information content (AvgIpc) is 2.64. The molecular formula is C21H30O3Si. The van der Waals surface area contributed by atoms with Gasteiger partial charge in [-0.1, -0.05) is 55.3 Å². The molecule has 4 heteroatoms. The lowest BCUT2D eigenvalue weighted by molar-refractivity contribution is -0.0438. The van der Waals surface area contributed by atoms with E-state index in [-0.39, 0.29) is 0 Å². The molecule has 25 heavy (non-hydrogen) atoms. The Labute approximate surface area is 152 Å². The van der Waals surface area contributed by atoms with Crippen LogP contribution >= 0.6 is 0 Å². The van der Waals surface area contributed by atoms with Crippen molar-refractivity contribution < 1.29 is 13.6 Å². The van der Waals surface area contributed by atoms with Crippen molar-refractivity contribution in [1.82, 2.24) is 0 Å². The molecule has 1 atom stereocenters. The number of fused-ring (bicyclic) bond motifs is 1. The molecule has 0 spiro atoms. The number of hydrogen-bond donors (Lipinski definition) is 0. The van der Waals surface area contributed by atoms with Gasteiger partial charge >= 0.3 is 8.56 Å². The van der Waals surface area contributed by atoms with Crippen molar-refractivity contribution in [3.8, 4) is 0 Å². The minimum atomic E-state index is -2.56. The fraction of sp³-hybridized carbons (Fsp3) is 0.524. The molecule has 1 aliphatic rings. The van der Waals surface area contributed by atoms with Crippen LogP contribution in [0.4, 0.5) is 0 Å². The molecule has 0 aromatic heterocycles. The van der Waals surface area contributed by atoms with Crippen LogP contribution in [0.3, 0.4) is 0 Å². The first-order valence-corrected chi connectivity index (χ1v) is 11.7. The van der Waals surface area contributed by atoms with Gasteiger partial charge in [0.05, 0.1) is 0 Å². The number of benzene rings is 2. The molecule has 1 saturated heterocycles. The van der Waals surface area contributed by atoms with E-state index >= 15 is 0 Å². The molecule has 136 valence electrons. The molecule has 2 aromatic carbocycles. The summed E-state index contributed by atoms with van der Waals surface area (Å²) in [6, 6.07) is 16.1. The molecule has 1 heterocycles. The largest absolute Gasteiger partial charge is 0.393 e. The van der Waals surface area contributed by atoms with Crippen LogP contribution in [-0.2, 0) is 18.8 Å². The molecule has 0 aliphatic carbocycles. The third kappa shape index (κ3) is 3.17. The molecule has 0 saturated carbocycles. The van der Waals surface area contributed by atoms with Crippen LogP contribution in [0.25, 0.3) is 10.8 Å². The van der Waals surface area contributed by atoms with Crippen LogP contribution in [0.1, 0.15) is 45.6 Å². The lowest BCUT2D eigenvalue weighted by Gasteiger charge is -2.50. The van der Waals surface area contributed by atoms with Crippen LogP contribution < -0.4 is 0 Å². The smallest absolute Gasteiger partial charge is 0.376 e. The minimum Gasteiger partial charge on any atom is -0.393 e. The summed E-state index contributed by atoms with van der Waals surface area (Å²) in [5.74, 6) is 0. The molecule has 3 nitrogen and oxygen atoms in total.